The molecule has 4 heteroatoms. The lowest BCUT2D eigenvalue weighted by atomic mass is 10.2. The lowest BCUT2D eigenvalue weighted by molar-refractivity contribution is 0.0698. The van der Waals surface area contributed by atoms with Gasteiger partial charge in [-0.3, -0.25) is 0 Å². The van der Waals surface area contributed by atoms with Crippen LogP contribution in [0.3, 0.4) is 0 Å². The average molecular weight is 262 g/mol. The van der Waals surface area contributed by atoms with Crippen LogP contribution in [0.1, 0.15) is 38.1 Å². The number of aromatic carboxylic acids is 1. The molecule has 90 valence electrons. The number of carboxylic acid groups (broad SMARTS) is 1. The first-order chi connectivity index (χ1) is 7.90. The van der Waals surface area contributed by atoms with Gasteiger partial charge in [-0.05, 0) is 11.3 Å². The fraction of sp³-hybridized carbons (Fsp3) is 0.462. The van der Waals surface area contributed by atoms with Gasteiger partial charge >= 0.3 is 5.97 Å². The van der Waals surface area contributed by atoms with Crippen molar-refractivity contribution in [2.75, 3.05) is 0 Å². The van der Waals surface area contributed by atoms with Gasteiger partial charge in [0.25, 0.3) is 0 Å². The summed E-state index contributed by atoms with van der Waals surface area (Å²) in [5.74, 6) is -0.812. The Balaban J connectivity index is 3.05. The second-order valence-corrected chi connectivity index (χ2v) is 8.67. The van der Waals surface area contributed by atoms with Gasteiger partial charge in [-0.2, -0.15) is 0 Å². The standard InChI is InChI=1S/C13H18O2Si2/c1-8(2)16-10-5-6-11(13(14)15)12(7-10)17-9(3)4/h5-9H,1-4H3,(H,14,15). The normalized spacial score (nSPS) is 11.2. The van der Waals surface area contributed by atoms with Crippen molar-refractivity contribution >= 4 is 35.4 Å². The van der Waals surface area contributed by atoms with Crippen molar-refractivity contribution in [1.29, 1.82) is 0 Å². The third-order valence-electron chi connectivity index (χ3n) is 2.15. The molecule has 0 aromatic heterocycles. The zero-order valence-corrected chi connectivity index (χ0v) is 12.7. The van der Waals surface area contributed by atoms with Crippen LogP contribution in [0.2, 0.25) is 11.1 Å². The molecule has 1 rings (SSSR count). The highest BCUT2D eigenvalue weighted by Gasteiger charge is 2.13. The summed E-state index contributed by atoms with van der Waals surface area (Å²) in [5, 5.41) is 11.4. The van der Waals surface area contributed by atoms with Gasteiger partial charge in [0.15, 0.2) is 0 Å². The molecule has 0 aliphatic carbocycles. The molecule has 0 aliphatic heterocycles. The maximum Gasteiger partial charge on any atom is 0.335 e. The van der Waals surface area contributed by atoms with Crippen LogP contribution >= 0.6 is 0 Å². The minimum atomic E-state index is -0.812. The number of hydrogen-bond donors (Lipinski definition) is 1. The molecule has 0 atom stereocenters. The number of carbonyl (C=O) groups is 1. The molecule has 0 spiro atoms. The number of benzene rings is 1. The van der Waals surface area contributed by atoms with Crippen LogP contribution in [-0.2, 0) is 0 Å². The fourth-order valence-electron chi connectivity index (χ4n) is 1.58. The van der Waals surface area contributed by atoms with Gasteiger partial charge in [-0.25, -0.2) is 4.79 Å². The van der Waals surface area contributed by atoms with Gasteiger partial charge in [0.05, 0.1) is 24.6 Å². The van der Waals surface area contributed by atoms with E-state index in [9.17, 15) is 4.79 Å². The minimum absolute atomic E-state index is 0.467. The van der Waals surface area contributed by atoms with Gasteiger partial charge in [0.1, 0.15) is 0 Å². The van der Waals surface area contributed by atoms with Crippen LogP contribution in [0.15, 0.2) is 18.2 Å². The summed E-state index contributed by atoms with van der Waals surface area (Å²) in [6.07, 6.45) is 0. The van der Waals surface area contributed by atoms with E-state index in [1.807, 2.05) is 6.07 Å². The molecule has 0 amide bonds. The molecule has 0 fully saturated rings. The SMILES string of the molecule is CC(C)[Si]c1ccc(C(=O)O)c([Si]C(C)C)c1. The Morgan fingerprint density at radius 3 is 2.18 bits per heavy atom. The smallest absolute Gasteiger partial charge is 0.335 e. The van der Waals surface area contributed by atoms with Crippen molar-refractivity contribution in [2.45, 2.75) is 38.8 Å². The Hall–Kier alpha value is -0.876. The summed E-state index contributed by atoms with van der Waals surface area (Å²) in [6, 6.07) is 5.80. The Morgan fingerprint density at radius 1 is 1.12 bits per heavy atom. The van der Waals surface area contributed by atoms with Crippen LogP contribution in [-0.4, -0.2) is 30.1 Å². The summed E-state index contributed by atoms with van der Waals surface area (Å²) < 4.78 is 0. The second kappa shape index (κ2) is 6.16. The lowest BCUT2D eigenvalue weighted by Crippen LogP contribution is -2.30. The molecule has 0 saturated carbocycles. The summed E-state index contributed by atoms with van der Waals surface area (Å²) in [7, 11) is 1.32. The topological polar surface area (TPSA) is 37.3 Å². The molecular formula is C13H18O2Si2. The van der Waals surface area contributed by atoms with Crippen LogP contribution in [0.5, 0.6) is 0 Å². The van der Waals surface area contributed by atoms with Crippen molar-refractivity contribution < 1.29 is 9.90 Å². The molecule has 0 aliphatic rings. The van der Waals surface area contributed by atoms with Gasteiger partial charge < -0.3 is 5.11 Å². The highest BCUT2D eigenvalue weighted by atomic mass is 28.2. The highest BCUT2D eigenvalue weighted by molar-refractivity contribution is 6.60. The summed E-state index contributed by atoms with van der Waals surface area (Å²) in [6.45, 7) is 8.63. The van der Waals surface area contributed by atoms with E-state index in [-0.39, 0.29) is 0 Å². The van der Waals surface area contributed by atoms with Crippen molar-refractivity contribution in [3.63, 3.8) is 0 Å². The predicted octanol–water partition coefficient (Wildman–Crippen LogP) is 1.70. The zero-order valence-electron chi connectivity index (χ0n) is 10.7. The third kappa shape index (κ3) is 4.48. The van der Waals surface area contributed by atoms with Crippen molar-refractivity contribution in [1.82, 2.24) is 0 Å². The summed E-state index contributed by atoms with van der Waals surface area (Å²) in [4.78, 5) is 11.1. The van der Waals surface area contributed by atoms with E-state index < -0.39 is 5.97 Å². The van der Waals surface area contributed by atoms with E-state index in [1.54, 1.807) is 6.07 Å². The average Bonchev–Trinajstić information content (AvgIpc) is 2.15. The Bertz CT molecular complexity index is 400. The van der Waals surface area contributed by atoms with Gasteiger partial charge in [-0.15, -0.1) is 0 Å². The van der Waals surface area contributed by atoms with Gasteiger partial charge in [-0.1, -0.05) is 56.1 Å². The number of carboxylic acids is 1. The summed E-state index contributed by atoms with van der Waals surface area (Å²) >= 11 is 0. The number of hydrogen-bond acceptors (Lipinski definition) is 1. The van der Waals surface area contributed by atoms with Gasteiger partial charge in [0.2, 0.25) is 0 Å². The lowest BCUT2D eigenvalue weighted by Gasteiger charge is -2.11. The Kier molecular flexibility index (Phi) is 5.14. The molecule has 1 N–H and O–H groups in total. The molecule has 2 nitrogen and oxygen atoms in total. The van der Waals surface area contributed by atoms with Crippen LogP contribution in [0.25, 0.3) is 0 Å². The van der Waals surface area contributed by atoms with E-state index in [0.717, 1.165) is 14.7 Å². The molecule has 0 unspecified atom stereocenters. The Morgan fingerprint density at radius 2 is 1.71 bits per heavy atom. The molecule has 0 bridgehead atoms. The van der Waals surface area contributed by atoms with E-state index in [1.165, 1.54) is 5.19 Å². The molecule has 0 saturated heterocycles. The molecule has 1 aromatic rings. The zero-order chi connectivity index (χ0) is 13.0. The van der Waals surface area contributed by atoms with E-state index >= 15 is 0 Å². The van der Waals surface area contributed by atoms with Crippen molar-refractivity contribution in [3.05, 3.63) is 23.8 Å². The van der Waals surface area contributed by atoms with E-state index in [2.05, 4.69) is 33.8 Å². The number of rotatable bonds is 5. The maximum atomic E-state index is 11.1. The van der Waals surface area contributed by atoms with Crippen molar-refractivity contribution in [3.8, 4) is 0 Å². The van der Waals surface area contributed by atoms with E-state index in [4.69, 9.17) is 5.11 Å². The summed E-state index contributed by atoms with van der Waals surface area (Å²) in [5.41, 5.74) is 1.60. The van der Waals surface area contributed by atoms with Crippen LogP contribution in [0.4, 0.5) is 0 Å². The first-order valence-electron chi connectivity index (χ1n) is 5.80. The Labute approximate surface area is 108 Å². The molecule has 0 heterocycles. The van der Waals surface area contributed by atoms with Crippen LogP contribution < -0.4 is 10.4 Å². The third-order valence-corrected chi connectivity index (χ3v) is 4.67. The highest BCUT2D eigenvalue weighted by Crippen LogP contribution is 2.03. The first kappa shape index (κ1) is 14.2. The van der Waals surface area contributed by atoms with Crippen LogP contribution in [0, 0.1) is 0 Å². The van der Waals surface area contributed by atoms with E-state index in [0.29, 0.717) is 26.2 Å². The molecular weight excluding hydrogens is 244 g/mol. The molecule has 1 aromatic carbocycles. The second-order valence-electron chi connectivity index (χ2n) is 4.66. The minimum Gasteiger partial charge on any atom is -0.478 e. The fourth-order valence-corrected chi connectivity index (χ4v) is 4.01. The molecule has 17 heavy (non-hydrogen) atoms. The van der Waals surface area contributed by atoms with Crippen molar-refractivity contribution in [2.24, 2.45) is 0 Å². The van der Waals surface area contributed by atoms with Gasteiger partial charge in [0, 0.05) is 0 Å². The first-order valence-corrected chi connectivity index (χ1v) is 7.96. The largest absolute Gasteiger partial charge is 0.478 e. The monoisotopic (exact) mass is 262 g/mol. The quantitative estimate of drug-likeness (QED) is 0.820. The maximum absolute atomic E-state index is 11.1. The predicted molar refractivity (Wildman–Crippen MR) is 74.4 cm³/mol. The molecule has 4 radical (unpaired) electrons.